The molecule has 21 nitrogen and oxygen atoms in total. The summed E-state index contributed by atoms with van der Waals surface area (Å²) in [7, 11) is 0. The average Bonchev–Trinajstić information content (AvgIpc) is 3.68. The van der Waals surface area contributed by atoms with Crippen molar-refractivity contribution < 1.29 is 47.7 Å². The highest BCUT2D eigenvalue weighted by Crippen LogP contribution is 2.27. The van der Waals surface area contributed by atoms with Gasteiger partial charge in [0, 0.05) is 54.8 Å². The molecule has 4 rings (SSSR count). The van der Waals surface area contributed by atoms with E-state index in [1.54, 1.807) is 92.9 Å². The number of hydrogen-bond acceptors (Lipinski definition) is 16. The molecule has 3 aromatic rings. The van der Waals surface area contributed by atoms with Gasteiger partial charge in [-0.2, -0.15) is 0 Å². The smallest absolute Gasteiger partial charge is 0.412 e. The molecule has 70 heavy (non-hydrogen) atoms. The van der Waals surface area contributed by atoms with Crippen molar-refractivity contribution in [1.82, 2.24) is 35.2 Å². The quantitative estimate of drug-likeness (QED) is 0.0453. The molecule has 0 radical (unpaired) electrons. The first-order valence-electron chi connectivity index (χ1n) is 22.9. The lowest BCUT2D eigenvalue weighted by atomic mass is 9.93. The number of esters is 1. The number of pyridine rings is 1. The summed E-state index contributed by atoms with van der Waals surface area (Å²) in [6.45, 7) is 26.9. The lowest BCUT2D eigenvalue weighted by Gasteiger charge is -2.37. The van der Waals surface area contributed by atoms with Gasteiger partial charge in [0.1, 0.15) is 46.1 Å². The van der Waals surface area contributed by atoms with Crippen molar-refractivity contribution in [1.29, 1.82) is 0 Å². The molecule has 2 unspecified atom stereocenters. The molecule has 1 fully saturated rings. The van der Waals surface area contributed by atoms with Gasteiger partial charge >= 0.3 is 24.2 Å². The Morgan fingerprint density at radius 2 is 1.33 bits per heavy atom. The van der Waals surface area contributed by atoms with Crippen LogP contribution in [0.1, 0.15) is 138 Å². The van der Waals surface area contributed by atoms with Gasteiger partial charge in [0.05, 0.1) is 17.6 Å². The van der Waals surface area contributed by atoms with Crippen LogP contribution < -0.4 is 31.7 Å². The van der Waals surface area contributed by atoms with E-state index in [4.69, 9.17) is 23.9 Å². The lowest BCUT2D eigenvalue weighted by Crippen LogP contribution is -2.56. The highest BCUT2D eigenvalue weighted by atomic mass is 32.1. The second-order valence-corrected chi connectivity index (χ2v) is 22.4. The maximum atomic E-state index is 14.4. The molecule has 1 saturated heterocycles. The maximum Gasteiger partial charge on any atom is 0.412 e. The Morgan fingerprint density at radius 3 is 1.89 bits per heavy atom. The van der Waals surface area contributed by atoms with E-state index in [-0.39, 0.29) is 67.0 Å². The molecule has 2 atom stereocenters. The SMILES string of the molecule is CC(C)(C)OC(=O)/C=C/c1c(N2CCN(C(=O)C(CCC(/N=C/NC(=O)OC(C)(C)C)NC(=O)OC(C)(C)C)NC(=O)OC(C)(C)C)CC2)nc2cc(C(=O)Nc3nc(C(C)(C)C)cs3)ccn2c1=O. The van der Waals surface area contributed by atoms with Gasteiger partial charge in [0.2, 0.25) is 5.91 Å². The van der Waals surface area contributed by atoms with Crippen LogP contribution in [-0.2, 0) is 34.0 Å². The Labute approximate surface area is 413 Å². The van der Waals surface area contributed by atoms with E-state index in [0.29, 0.717) is 5.13 Å². The molecule has 3 aromatic heterocycles. The van der Waals surface area contributed by atoms with E-state index in [9.17, 15) is 33.6 Å². The number of anilines is 2. The van der Waals surface area contributed by atoms with Gasteiger partial charge in [0.15, 0.2) is 5.13 Å². The van der Waals surface area contributed by atoms with E-state index >= 15 is 0 Å². The first-order valence-corrected chi connectivity index (χ1v) is 23.8. The normalized spacial score (nSPS) is 14.8. The Morgan fingerprint density at radius 1 is 0.757 bits per heavy atom. The van der Waals surface area contributed by atoms with Crippen molar-refractivity contribution >= 4 is 76.4 Å². The molecule has 0 saturated carbocycles. The predicted molar refractivity (Wildman–Crippen MR) is 267 cm³/mol. The van der Waals surface area contributed by atoms with Crippen LogP contribution in [-0.4, -0.2) is 122 Å². The predicted octanol–water partition coefficient (Wildman–Crippen LogP) is 6.78. The number of aliphatic imine (C=N–C) groups is 1. The van der Waals surface area contributed by atoms with Crippen molar-refractivity contribution in [2.24, 2.45) is 4.99 Å². The van der Waals surface area contributed by atoms with Gasteiger partial charge in [-0.1, -0.05) is 20.8 Å². The van der Waals surface area contributed by atoms with Crippen molar-refractivity contribution in [3.63, 3.8) is 0 Å². The minimum absolute atomic E-state index is 0.0159. The zero-order valence-corrected chi connectivity index (χ0v) is 43.8. The van der Waals surface area contributed by atoms with Crippen molar-refractivity contribution in [2.45, 2.75) is 157 Å². The number of amides is 5. The number of alkyl carbamates (subject to hydrolysis) is 3. The average molecular weight is 995 g/mol. The second-order valence-electron chi connectivity index (χ2n) is 21.6. The fourth-order valence-corrected chi connectivity index (χ4v) is 7.44. The fraction of sp³-hybridized carbons (Fsp3) is 0.583. The maximum absolute atomic E-state index is 14.4. The zero-order valence-electron chi connectivity index (χ0n) is 43.0. The number of thiazole rings is 1. The number of rotatable bonds is 13. The summed E-state index contributed by atoms with van der Waals surface area (Å²) in [6.07, 6.45) is 1.44. The van der Waals surface area contributed by atoms with Crippen molar-refractivity contribution in [2.75, 3.05) is 36.4 Å². The molecule has 0 bridgehead atoms. The standard InChI is InChI=1S/C48H70N10O11S/c1-44(2,3)32-27-70-40(52-32)55-37(60)29-20-21-58-34(26-29)54-36(30(38(58)61)16-19-35(59)66-45(4,5)6)56-22-24-57(25-23-56)39(62)31(51-42(64)68-47(10,11)12)17-18-33(53-43(65)69-48(13,14)15)49-28-50-41(63)67-46(7,8)9/h16,19-21,26-28,31,33H,17-18,22-25H2,1-15H3,(H,51,64)(H,53,65)(H,49,50,63)(H,52,55,60)/b19-16+. The molecule has 1 aliphatic heterocycles. The first-order chi connectivity index (χ1) is 32.2. The van der Waals surface area contributed by atoms with Crippen LogP contribution in [0.15, 0.2) is 39.6 Å². The number of aromatic nitrogens is 3. The van der Waals surface area contributed by atoms with Crippen LogP contribution in [0, 0.1) is 0 Å². The largest absolute Gasteiger partial charge is 0.457 e. The highest BCUT2D eigenvalue weighted by Gasteiger charge is 2.33. The van der Waals surface area contributed by atoms with E-state index in [1.807, 2.05) is 26.2 Å². The summed E-state index contributed by atoms with van der Waals surface area (Å²) < 4.78 is 22.9. The Balaban J connectivity index is 1.64. The number of fused-ring (bicyclic) bond motifs is 1. The minimum Gasteiger partial charge on any atom is -0.457 e. The fourth-order valence-electron chi connectivity index (χ4n) is 6.51. The molecule has 5 amide bonds. The summed E-state index contributed by atoms with van der Waals surface area (Å²) >= 11 is 1.30. The second kappa shape index (κ2) is 22.4. The van der Waals surface area contributed by atoms with Crippen molar-refractivity contribution in [3.8, 4) is 0 Å². The third kappa shape index (κ3) is 18.1. The molecular formula is C48H70N10O11S. The molecule has 0 aliphatic carbocycles. The number of ether oxygens (including phenoxy) is 4. The number of nitrogens with one attached hydrogen (secondary N) is 4. The molecule has 4 heterocycles. The number of carbonyl (C=O) groups is 6. The van der Waals surface area contributed by atoms with Crippen molar-refractivity contribution in [3.05, 3.63) is 57.0 Å². The molecule has 0 spiro atoms. The lowest BCUT2D eigenvalue weighted by molar-refractivity contribution is -0.148. The van der Waals surface area contributed by atoms with Gasteiger partial charge < -0.3 is 34.1 Å². The molecular weight excluding hydrogens is 925 g/mol. The number of carbonyl (C=O) groups excluding carboxylic acids is 6. The van der Waals surface area contributed by atoms with E-state index < -0.39 is 76.2 Å². The van der Waals surface area contributed by atoms with Crippen LogP contribution in [0.3, 0.4) is 0 Å². The third-order valence-corrected chi connectivity index (χ3v) is 10.3. The molecule has 1 aliphatic rings. The highest BCUT2D eigenvalue weighted by molar-refractivity contribution is 7.14. The summed E-state index contributed by atoms with van der Waals surface area (Å²) in [5.74, 6) is -1.42. The topological polar surface area (TPSA) is 254 Å². The van der Waals surface area contributed by atoms with Gasteiger partial charge in [-0.3, -0.25) is 39.7 Å². The molecule has 22 heteroatoms. The van der Waals surface area contributed by atoms with Crippen LogP contribution in [0.2, 0.25) is 0 Å². The van der Waals surface area contributed by atoms with E-state index in [1.165, 1.54) is 40.1 Å². The van der Waals surface area contributed by atoms with Crippen LogP contribution >= 0.6 is 11.3 Å². The van der Waals surface area contributed by atoms with Crippen LogP contribution in [0.25, 0.3) is 11.7 Å². The Kier molecular flexibility index (Phi) is 18.0. The van der Waals surface area contributed by atoms with Gasteiger partial charge in [-0.25, -0.2) is 29.1 Å². The number of piperazine rings is 1. The van der Waals surface area contributed by atoms with Crippen LogP contribution in [0.5, 0.6) is 0 Å². The monoisotopic (exact) mass is 994 g/mol. The minimum atomic E-state index is -1.18. The zero-order chi connectivity index (χ0) is 52.6. The Hall–Kier alpha value is -6.58. The number of nitrogens with zero attached hydrogens (tertiary/aromatic N) is 6. The van der Waals surface area contributed by atoms with E-state index in [0.717, 1.165) is 18.1 Å². The first kappa shape index (κ1) is 56.0. The van der Waals surface area contributed by atoms with Gasteiger partial charge in [-0.15, -0.1) is 11.3 Å². The summed E-state index contributed by atoms with van der Waals surface area (Å²) in [5.41, 5.74) is -2.83. The van der Waals surface area contributed by atoms with Crippen LogP contribution in [0.4, 0.5) is 25.3 Å². The molecule has 4 N–H and O–H groups in total. The third-order valence-electron chi connectivity index (χ3n) is 9.52. The summed E-state index contributed by atoms with van der Waals surface area (Å²) in [6, 6.07) is 1.79. The van der Waals surface area contributed by atoms with Gasteiger partial charge in [0.25, 0.3) is 11.5 Å². The number of hydrogen-bond donors (Lipinski definition) is 4. The van der Waals surface area contributed by atoms with E-state index in [2.05, 4.69) is 31.2 Å². The Bertz CT molecular complexity index is 2510. The molecule has 0 aromatic carbocycles. The summed E-state index contributed by atoms with van der Waals surface area (Å²) in [4.78, 5) is 110. The summed E-state index contributed by atoms with van der Waals surface area (Å²) in [5, 5.41) is 12.8. The van der Waals surface area contributed by atoms with Gasteiger partial charge in [-0.05, 0) is 114 Å². The molecule has 384 valence electrons.